The molecular formula is C15H15BrN2O3. The molecule has 21 heavy (non-hydrogen) atoms. The van der Waals surface area contributed by atoms with Gasteiger partial charge >= 0.3 is 0 Å². The van der Waals surface area contributed by atoms with E-state index in [-0.39, 0.29) is 5.69 Å². The SMILES string of the molecule is COc1ccc(C)cc1NCc1cccc([N+](=O)[O-])c1Br. The highest BCUT2D eigenvalue weighted by atomic mass is 79.9. The molecule has 2 aromatic carbocycles. The van der Waals surface area contributed by atoms with E-state index in [0.717, 1.165) is 22.6 Å². The van der Waals surface area contributed by atoms with E-state index in [4.69, 9.17) is 4.74 Å². The van der Waals surface area contributed by atoms with Crippen molar-refractivity contribution in [1.82, 2.24) is 0 Å². The highest BCUT2D eigenvalue weighted by molar-refractivity contribution is 9.10. The largest absolute Gasteiger partial charge is 0.495 e. The molecule has 0 unspecified atom stereocenters. The lowest BCUT2D eigenvalue weighted by Crippen LogP contribution is -2.03. The van der Waals surface area contributed by atoms with Crippen LogP contribution in [0.4, 0.5) is 11.4 Å². The minimum atomic E-state index is -0.402. The first kappa shape index (κ1) is 15.3. The van der Waals surface area contributed by atoms with Crippen molar-refractivity contribution in [3.8, 4) is 5.75 Å². The van der Waals surface area contributed by atoms with Crippen LogP contribution in [0.5, 0.6) is 5.75 Å². The number of rotatable bonds is 5. The summed E-state index contributed by atoms with van der Waals surface area (Å²) >= 11 is 3.29. The first-order chi connectivity index (χ1) is 10.0. The van der Waals surface area contributed by atoms with Gasteiger partial charge in [0.05, 0.1) is 17.7 Å². The standard InChI is InChI=1S/C15H15BrN2O3/c1-10-6-7-14(21-2)12(8-10)17-9-11-4-3-5-13(15(11)16)18(19)20/h3-8,17H,9H2,1-2H3. The van der Waals surface area contributed by atoms with Crippen molar-refractivity contribution in [1.29, 1.82) is 0 Å². The lowest BCUT2D eigenvalue weighted by Gasteiger charge is -2.13. The van der Waals surface area contributed by atoms with Crippen molar-refractivity contribution in [3.63, 3.8) is 0 Å². The number of hydrogen-bond donors (Lipinski definition) is 1. The molecule has 0 spiro atoms. The number of nitro groups is 1. The Balaban J connectivity index is 2.23. The number of nitro benzene ring substituents is 1. The Morgan fingerprint density at radius 3 is 2.76 bits per heavy atom. The first-order valence-corrected chi connectivity index (χ1v) is 7.12. The molecule has 0 aliphatic heterocycles. The zero-order chi connectivity index (χ0) is 15.4. The monoisotopic (exact) mass is 350 g/mol. The zero-order valence-electron chi connectivity index (χ0n) is 11.7. The summed E-state index contributed by atoms with van der Waals surface area (Å²) in [7, 11) is 1.61. The van der Waals surface area contributed by atoms with Gasteiger partial charge in [0.15, 0.2) is 0 Å². The number of halogens is 1. The molecule has 2 rings (SSSR count). The molecule has 1 N–H and O–H groups in total. The molecule has 0 aromatic heterocycles. The Morgan fingerprint density at radius 1 is 1.33 bits per heavy atom. The van der Waals surface area contributed by atoms with Crippen molar-refractivity contribution in [2.24, 2.45) is 0 Å². The summed E-state index contributed by atoms with van der Waals surface area (Å²) < 4.78 is 5.79. The molecule has 0 bridgehead atoms. The lowest BCUT2D eigenvalue weighted by molar-refractivity contribution is -0.385. The Kier molecular flexibility index (Phi) is 4.80. The predicted molar refractivity (Wildman–Crippen MR) is 85.9 cm³/mol. The molecule has 0 amide bonds. The maximum Gasteiger partial charge on any atom is 0.283 e. The average Bonchev–Trinajstić information content (AvgIpc) is 2.46. The molecule has 0 radical (unpaired) electrons. The van der Waals surface area contributed by atoms with Gasteiger partial charge in [0.1, 0.15) is 10.2 Å². The molecule has 5 nitrogen and oxygen atoms in total. The third kappa shape index (κ3) is 3.52. The lowest BCUT2D eigenvalue weighted by atomic mass is 10.1. The van der Waals surface area contributed by atoms with Crippen LogP contribution < -0.4 is 10.1 Å². The summed E-state index contributed by atoms with van der Waals surface area (Å²) in [4.78, 5) is 10.5. The number of nitrogens with zero attached hydrogens (tertiary/aromatic N) is 1. The van der Waals surface area contributed by atoms with Gasteiger partial charge in [-0.15, -0.1) is 0 Å². The molecular weight excluding hydrogens is 336 g/mol. The van der Waals surface area contributed by atoms with Gasteiger partial charge in [-0.05, 0) is 46.1 Å². The summed E-state index contributed by atoms with van der Waals surface area (Å²) in [6.07, 6.45) is 0. The molecule has 0 atom stereocenters. The van der Waals surface area contributed by atoms with Gasteiger partial charge in [0.25, 0.3) is 5.69 Å². The fourth-order valence-corrected chi connectivity index (χ4v) is 2.54. The van der Waals surface area contributed by atoms with Gasteiger partial charge in [0.2, 0.25) is 0 Å². The van der Waals surface area contributed by atoms with Gasteiger partial charge in [-0.1, -0.05) is 18.2 Å². The summed E-state index contributed by atoms with van der Waals surface area (Å²) in [5.41, 5.74) is 2.84. The predicted octanol–water partition coefficient (Wildman–Crippen LogP) is 4.29. The van der Waals surface area contributed by atoms with Gasteiger partial charge in [-0.25, -0.2) is 0 Å². The molecule has 2 aromatic rings. The minimum absolute atomic E-state index is 0.0607. The molecule has 0 aliphatic carbocycles. The number of anilines is 1. The summed E-state index contributed by atoms with van der Waals surface area (Å²) in [6, 6.07) is 10.8. The van der Waals surface area contributed by atoms with Gasteiger partial charge in [-0.2, -0.15) is 0 Å². The van der Waals surface area contributed by atoms with Crippen LogP contribution in [0.3, 0.4) is 0 Å². The highest BCUT2D eigenvalue weighted by Crippen LogP contribution is 2.30. The normalized spacial score (nSPS) is 10.2. The molecule has 0 aliphatic rings. The van der Waals surface area contributed by atoms with E-state index in [1.165, 1.54) is 6.07 Å². The minimum Gasteiger partial charge on any atom is -0.495 e. The van der Waals surface area contributed by atoms with Crippen LogP contribution in [0.1, 0.15) is 11.1 Å². The molecule has 0 saturated carbocycles. The third-order valence-corrected chi connectivity index (χ3v) is 3.99. The van der Waals surface area contributed by atoms with Crippen LogP contribution in [0.2, 0.25) is 0 Å². The molecule has 6 heteroatoms. The van der Waals surface area contributed by atoms with Crippen LogP contribution in [0, 0.1) is 17.0 Å². The van der Waals surface area contributed by atoms with Crippen molar-refractivity contribution >= 4 is 27.3 Å². The second-order valence-corrected chi connectivity index (χ2v) is 5.36. The quantitative estimate of drug-likeness (QED) is 0.645. The molecule has 0 fully saturated rings. The van der Waals surface area contributed by atoms with Crippen molar-refractivity contribution in [2.75, 3.05) is 12.4 Å². The van der Waals surface area contributed by atoms with Crippen LogP contribution in [0.15, 0.2) is 40.9 Å². The van der Waals surface area contributed by atoms with E-state index in [2.05, 4.69) is 21.2 Å². The number of hydrogen-bond acceptors (Lipinski definition) is 4. The van der Waals surface area contributed by atoms with Crippen LogP contribution in [0.25, 0.3) is 0 Å². The number of methoxy groups -OCH3 is 1. The summed E-state index contributed by atoms with van der Waals surface area (Å²) in [6.45, 7) is 2.45. The first-order valence-electron chi connectivity index (χ1n) is 6.33. The van der Waals surface area contributed by atoms with E-state index >= 15 is 0 Å². The number of aryl methyl sites for hydroxylation is 1. The maximum absolute atomic E-state index is 10.9. The van der Waals surface area contributed by atoms with Crippen LogP contribution in [-0.2, 0) is 6.54 Å². The van der Waals surface area contributed by atoms with E-state index in [1.54, 1.807) is 13.2 Å². The Morgan fingerprint density at radius 2 is 2.10 bits per heavy atom. The molecule has 110 valence electrons. The Labute approximate surface area is 131 Å². The second-order valence-electron chi connectivity index (χ2n) is 4.56. The van der Waals surface area contributed by atoms with Gasteiger partial charge in [-0.3, -0.25) is 10.1 Å². The fourth-order valence-electron chi connectivity index (χ4n) is 1.99. The smallest absolute Gasteiger partial charge is 0.283 e. The van der Waals surface area contributed by atoms with E-state index in [0.29, 0.717) is 11.0 Å². The number of nitrogens with one attached hydrogen (secondary N) is 1. The number of ether oxygens (including phenoxy) is 1. The van der Waals surface area contributed by atoms with Crippen molar-refractivity contribution < 1.29 is 9.66 Å². The fraction of sp³-hybridized carbons (Fsp3) is 0.200. The zero-order valence-corrected chi connectivity index (χ0v) is 13.3. The van der Waals surface area contributed by atoms with Crippen molar-refractivity contribution in [2.45, 2.75) is 13.5 Å². The Bertz CT molecular complexity index is 674. The Hall–Kier alpha value is -2.08. The molecule has 0 heterocycles. The van der Waals surface area contributed by atoms with Crippen LogP contribution in [-0.4, -0.2) is 12.0 Å². The van der Waals surface area contributed by atoms with Crippen LogP contribution >= 0.6 is 15.9 Å². The molecule has 0 saturated heterocycles. The number of benzene rings is 2. The second kappa shape index (κ2) is 6.58. The summed E-state index contributed by atoms with van der Waals surface area (Å²) in [5.74, 6) is 0.738. The topological polar surface area (TPSA) is 64.4 Å². The third-order valence-electron chi connectivity index (χ3n) is 3.08. The maximum atomic E-state index is 10.9. The highest BCUT2D eigenvalue weighted by Gasteiger charge is 2.14. The van der Waals surface area contributed by atoms with E-state index < -0.39 is 4.92 Å². The van der Waals surface area contributed by atoms with E-state index in [9.17, 15) is 10.1 Å². The average molecular weight is 351 g/mol. The van der Waals surface area contributed by atoms with Gasteiger partial charge in [0, 0.05) is 12.6 Å². The van der Waals surface area contributed by atoms with Gasteiger partial charge < -0.3 is 10.1 Å². The summed E-state index contributed by atoms with van der Waals surface area (Å²) in [5, 5.41) is 14.2. The van der Waals surface area contributed by atoms with E-state index in [1.807, 2.05) is 31.2 Å². The van der Waals surface area contributed by atoms with Crippen molar-refractivity contribution in [3.05, 3.63) is 62.1 Å².